The largest absolute Gasteiger partial charge is 0.611 e. The van der Waals surface area contributed by atoms with Gasteiger partial charge in [-0.05, 0) is 59.8 Å². The molecule has 2 aromatic carbocycles. The minimum atomic E-state index is -1.14. The van der Waals surface area contributed by atoms with Gasteiger partial charge in [-0.15, -0.1) is 0 Å². The van der Waals surface area contributed by atoms with Crippen LogP contribution in [-0.4, -0.2) is 38.3 Å². The molecule has 0 aliphatic carbocycles. The Balaban J connectivity index is 1.26. The molecule has 4 aromatic rings. The van der Waals surface area contributed by atoms with Crippen LogP contribution in [0.2, 0.25) is 0 Å². The molecule has 1 saturated heterocycles. The number of para-hydroxylation sites is 1. The molecule has 1 atom stereocenters. The van der Waals surface area contributed by atoms with Crippen molar-refractivity contribution in [1.29, 1.82) is 0 Å². The van der Waals surface area contributed by atoms with Gasteiger partial charge in [-0.1, -0.05) is 24.3 Å². The van der Waals surface area contributed by atoms with Crippen LogP contribution in [0.5, 0.6) is 0 Å². The van der Waals surface area contributed by atoms with E-state index in [0.29, 0.717) is 40.4 Å². The molecule has 0 spiro atoms. The molecule has 2 aromatic heterocycles. The Morgan fingerprint density at radius 3 is 2.79 bits per heavy atom. The van der Waals surface area contributed by atoms with Gasteiger partial charge in [0, 0.05) is 42.3 Å². The van der Waals surface area contributed by atoms with Crippen molar-refractivity contribution in [2.24, 2.45) is 0 Å². The summed E-state index contributed by atoms with van der Waals surface area (Å²) in [6.45, 7) is 1.71. The van der Waals surface area contributed by atoms with E-state index in [1.807, 2.05) is 0 Å². The lowest BCUT2D eigenvalue weighted by molar-refractivity contribution is 0.501. The van der Waals surface area contributed by atoms with Crippen LogP contribution in [-0.2, 0) is 17.6 Å². The Morgan fingerprint density at radius 2 is 1.94 bits per heavy atom. The number of benzene rings is 2. The first-order chi connectivity index (χ1) is 16.2. The van der Waals surface area contributed by atoms with Crippen molar-refractivity contribution in [3.8, 4) is 0 Å². The van der Waals surface area contributed by atoms with Crippen LogP contribution in [0.25, 0.3) is 10.9 Å². The SMILES string of the molecule is [O-][S+]1CCc2nc(N3CCC(c4c[nH]c5ccccc45)CC3)nc(Nc3cccc(F)c3)c21. The molecule has 2 aliphatic heterocycles. The van der Waals surface area contributed by atoms with Gasteiger partial charge < -0.3 is 19.8 Å². The number of H-pyrrole nitrogens is 1. The molecule has 0 bridgehead atoms. The molecule has 6 nitrogen and oxygen atoms in total. The van der Waals surface area contributed by atoms with Gasteiger partial charge in [0.05, 0.1) is 0 Å². The van der Waals surface area contributed by atoms with Crippen LogP contribution in [0.4, 0.5) is 21.8 Å². The second-order valence-electron chi connectivity index (χ2n) is 8.63. The molecular formula is C25H24FN5OS. The van der Waals surface area contributed by atoms with Gasteiger partial charge in [0.25, 0.3) is 0 Å². The first kappa shape index (κ1) is 20.5. The highest BCUT2D eigenvalue weighted by Crippen LogP contribution is 2.37. The quantitative estimate of drug-likeness (QED) is 0.423. The number of aromatic nitrogens is 3. The smallest absolute Gasteiger partial charge is 0.227 e. The maximum atomic E-state index is 13.7. The van der Waals surface area contributed by atoms with Gasteiger partial charge in [-0.25, -0.2) is 9.37 Å². The minimum absolute atomic E-state index is 0.327. The molecule has 0 saturated carbocycles. The Hall–Kier alpha value is -3.10. The lowest BCUT2D eigenvalue weighted by Crippen LogP contribution is -2.34. The Kier molecular flexibility index (Phi) is 5.19. The Bertz CT molecular complexity index is 1320. The molecule has 8 heteroatoms. The molecule has 1 fully saturated rings. The number of piperidine rings is 1. The normalized spacial score (nSPS) is 18.6. The summed E-state index contributed by atoms with van der Waals surface area (Å²) in [6.07, 6.45) is 4.84. The number of nitrogens with zero attached hydrogens (tertiary/aromatic N) is 3. The van der Waals surface area contributed by atoms with Crippen molar-refractivity contribution in [3.63, 3.8) is 0 Å². The molecule has 2 N–H and O–H groups in total. The van der Waals surface area contributed by atoms with Gasteiger partial charge in [-0.3, -0.25) is 0 Å². The van der Waals surface area contributed by atoms with Gasteiger partial charge >= 0.3 is 0 Å². The van der Waals surface area contributed by atoms with Crippen LogP contribution in [0, 0.1) is 5.82 Å². The predicted molar refractivity (Wildman–Crippen MR) is 129 cm³/mol. The monoisotopic (exact) mass is 461 g/mol. The zero-order chi connectivity index (χ0) is 22.4. The van der Waals surface area contributed by atoms with Crippen LogP contribution >= 0.6 is 0 Å². The molecule has 33 heavy (non-hydrogen) atoms. The van der Waals surface area contributed by atoms with Gasteiger partial charge in [-0.2, -0.15) is 4.98 Å². The van der Waals surface area contributed by atoms with Crippen molar-refractivity contribution in [2.45, 2.75) is 30.1 Å². The Labute approximate surface area is 194 Å². The van der Waals surface area contributed by atoms with Gasteiger partial charge in [0.2, 0.25) is 10.8 Å². The van der Waals surface area contributed by atoms with E-state index in [1.54, 1.807) is 12.1 Å². The molecule has 1 unspecified atom stereocenters. The number of aryl methyl sites for hydroxylation is 1. The third-order valence-corrected chi connectivity index (χ3v) is 8.06. The Morgan fingerprint density at radius 1 is 1.09 bits per heavy atom. The average molecular weight is 462 g/mol. The molecular weight excluding hydrogens is 437 g/mol. The van der Waals surface area contributed by atoms with Gasteiger partial charge in [0.1, 0.15) is 17.3 Å². The van der Waals surface area contributed by atoms with E-state index >= 15 is 0 Å². The van der Waals surface area contributed by atoms with Gasteiger partial charge in [0.15, 0.2) is 5.82 Å². The first-order valence-corrected chi connectivity index (χ1v) is 12.6. The van der Waals surface area contributed by atoms with Crippen molar-refractivity contribution in [2.75, 3.05) is 29.1 Å². The number of hydrogen-bond donors (Lipinski definition) is 2. The number of hydrogen-bond acceptors (Lipinski definition) is 5. The van der Waals surface area contributed by atoms with E-state index in [0.717, 1.165) is 31.6 Å². The van der Waals surface area contributed by atoms with Crippen LogP contribution < -0.4 is 10.2 Å². The number of halogens is 1. The predicted octanol–water partition coefficient (Wildman–Crippen LogP) is 4.89. The van der Waals surface area contributed by atoms with Crippen LogP contribution in [0.15, 0.2) is 59.6 Å². The highest BCUT2D eigenvalue weighted by molar-refractivity contribution is 7.91. The van der Waals surface area contributed by atoms with Crippen molar-refractivity contribution >= 4 is 39.5 Å². The number of aromatic amines is 1. The topological polar surface area (TPSA) is 79.9 Å². The molecule has 6 rings (SSSR count). The summed E-state index contributed by atoms with van der Waals surface area (Å²) < 4.78 is 26.3. The molecule has 0 radical (unpaired) electrons. The summed E-state index contributed by atoms with van der Waals surface area (Å²) in [4.78, 5) is 15.8. The molecule has 0 amide bonds. The van der Waals surface area contributed by atoms with Crippen LogP contribution in [0.1, 0.15) is 30.0 Å². The van der Waals surface area contributed by atoms with Crippen LogP contribution in [0.3, 0.4) is 0 Å². The van der Waals surface area contributed by atoms with E-state index in [2.05, 4.69) is 45.7 Å². The highest BCUT2D eigenvalue weighted by atomic mass is 32.2. The summed E-state index contributed by atoms with van der Waals surface area (Å²) in [6, 6.07) is 14.7. The summed E-state index contributed by atoms with van der Waals surface area (Å²) in [7, 11) is 0. The van der Waals surface area contributed by atoms with E-state index in [9.17, 15) is 8.94 Å². The molecule has 168 valence electrons. The molecule has 4 heterocycles. The average Bonchev–Trinajstić information content (AvgIpc) is 3.43. The van der Waals surface area contributed by atoms with E-state index in [4.69, 9.17) is 9.97 Å². The maximum Gasteiger partial charge on any atom is 0.227 e. The fraction of sp³-hybridized carbons (Fsp3) is 0.280. The lowest BCUT2D eigenvalue weighted by Gasteiger charge is -2.32. The van der Waals surface area contributed by atoms with Crippen molar-refractivity contribution in [3.05, 3.63) is 71.8 Å². The van der Waals surface area contributed by atoms with E-state index in [1.165, 1.54) is 28.6 Å². The minimum Gasteiger partial charge on any atom is -0.611 e. The standard InChI is InChI=1S/C25H24FN5OS/c26-17-4-3-5-18(14-17)28-24-23-22(10-13-33(23)32)29-25(30-24)31-11-8-16(9-12-31)20-15-27-21-7-2-1-6-19(20)21/h1-7,14-16,27H,8-13H2,(H,28,29,30). The lowest BCUT2D eigenvalue weighted by atomic mass is 9.89. The number of fused-ring (bicyclic) bond motifs is 2. The maximum absolute atomic E-state index is 13.7. The number of rotatable bonds is 4. The third kappa shape index (κ3) is 3.83. The second-order valence-corrected chi connectivity index (χ2v) is 10.1. The van der Waals surface area contributed by atoms with E-state index in [-0.39, 0.29) is 5.82 Å². The van der Waals surface area contributed by atoms with Crippen molar-refractivity contribution < 1.29 is 8.94 Å². The number of anilines is 3. The van der Waals surface area contributed by atoms with Crippen molar-refractivity contribution in [1.82, 2.24) is 15.0 Å². The summed E-state index contributed by atoms with van der Waals surface area (Å²) in [5.74, 6) is 1.89. The highest BCUT2D eigenvalue weighted by Gasteiger charge is 2.33. The first-order valence-electron chi connectivity index (χ1n) is 11.3. The summed E-state index contributed by atoms with van der Waals surface area (Å²) >= 11 is -1.14. The number of nitrogens with one attached hydrogen (secondary N) is 2. The van der Waals surface area contributed by atoms with E-state index < -0.39 is 11.2 Å². The zero-order valence-electron chi connectivity index (χ0n) is 18.1. The second kappa shape index (κ2) is 8.35. The third-order valence-electron chi connectivity index (χ3n) is 6.60. The molecule has 2 aliphatic rings. The summed E-state index contributed by atoms with van der Waals surface area (Å²) in [5.41, 5.74) is 3.97. The fourth-order valence-electron chi connectivity index (χ4n) is 4.94. The fourth-order valence-corrected chi connectivity index (χ4v) is 6.24. The zero-order valence-corrected chi connectivity index (χ0v) is 18.9. The summed E-state index contributed by atoms with van der Waals surface area (Å²) in [5, 5.41) is 4.49.